The molecule has 2 amide bonds. The molecule has 0 bridgehead atoms. The Hall–Kier alpha value is -3.01. The Balaban J connectivity index is 1.81. The van der Waals surface area contributed by atoms with Crippen molar-refractivity contribution in [1.82, 2.24) is 16.0 Å². The predicted molar refractivity (Wildman–Crippen MR) is 187 cm³/mol. The van der Waals surface area contributed by atoms with Crippen molar-refractivity contribution in [2.45, 2.75) is 148 Å². The van der Waals surface area contributed by atoms with Crippen LogP contribution in [-0.2, 0) is 25.5 Å². The predicted octanol–water partition coefficient (Wildman–Crippen LogP) is 5.19. The highest BCUT2D eigenvalue weighted by molar-refractivity contribution is 5.91. The summed E-state index contributed by atoms with van der Waals surface area (Å²) in [6.07, 6.45) is 2.89. The molecule has 2 aromatic rings. The van der Waals surface area contributed by atoms with E-state index in [4.69, 9.17) is 4.74 Å². The van der Waals surface area contributed by atoms with Gasteiger partial charge in [-0.2, -0.15) is 0 Å². The van der Waals surface area contributed by atoms with Crippen LogP contribution >= 0.6 is 0 Å². The fourth-order valence-corrected chi connectivity index (χ4v) is 6.44. The van der Waals surface area contributed by atoms with Crippen LogP contribution in [0.2, 0.25) is 0 Å². The SMILES string of the molecule is CCC(C)C(NC(=O)C(C)NC1(C(=O)OC(C)(C)C)CCCCC1)C(=O)N[C@@H](Cc1ccc2ccccc2c1)[C@@H](O)[C@@H](O)CC(C)C. The summed E-state index contributed by atoms with van der Waals surface area (Å²) >= 11 is 0. The van der Waals surface area contributed by atoms with Gasteiger partial charge in [0.1, 0.15) is 23.3 Å². The van der Waals surface area contributed by atoms with Crippen LogP contribution in [0.25, 0.3) is 10.8 Å². The van der Waals surface area contributed by atoms with Gasteiger partial charge in [0.05, 0.1) is 18.2 Å². The van der Waals surface area contributed by atoms with Crippen molar-refractivity contribution in [3.8, 4) is 0 Å². The van der Waals surface area contributed by atoms with E-state index in [1.165, 1.54) is 0 Å². The average Bonchev–Trinajstić information content (AvgIpc) is 3.01. The van der Waals surface area contributed by atoms with Gasteiger partial charge in [0.25, 0.3) is 0 Å². The van der Waals surface area contributed by atoms with Gasteiger partial charge in [0, 0.05) is 0 Å². The standard InChI is InChI=1S/C38H59N3O6/c1-9-25(4)32(40-34(44)26(5)41-38(19-13-10-14-20-38)36(46)47-37(6,7)8)35(45)39-30(33(43)31(42)21-24(2)3)23-27-17-18-28-15-11-12-16-29(28)22-27/h11-12,15-18,22,24-26,30-33,41-43H,9-10,13-14,19-21,23H2,1-8H3,(H,39,45)(H,40,44)/t25?,26?,30-,31-,32?,33+/m0/s1. The van der Waals surface area contributed by atoms with E-state index in [-0.39, 0.29) is 17.8 Å². The van der Waals surface area contributed by atoms with Gasteiger partial charge in [-0.3, -0.25) is 19.7 Å². The van der Waals surface area contributed by atoms with Crippen LogP contribution in [0.4, 0.5) is 0 Å². The van der Waals surface area contributed by atoms with Crippen molar-refractivity contribution in [1.29, 1.82) is 0 Å². The smallest absolute Gasteiger partial charge is 0.326 e. The Morgan fingerprint density at radius 3 is 2.13 bits per heavy atom. The zero-order valence-electron chi connectivity index (χ0n) is 29.8. The van der Waals surface area contributed by atoms with E-state index in [0.717, 1.165) is 35.6 Å². The molecule has 1 saturated carbocycles. The molecular weight excluding hydrogens is 594 g/mol. The normalized spacial score (nSPS) is 18.9. The first kappa shape index (κ1) is 38.4. The Bertz CT molecular complexity index is 1330. The van der Waals surface area contributed by atoms with E-state index in [9.17, 15) is 24.6 Å². The van der Waals surface area contributed by atoms with Gasteiger partial charge in [-0.1, -0.05) is 95.8 Å². The number of hydrogen-bond acceptors (Lipinski definition) is 7. The number of aliphatic hydroxyl groups excluding tert-OH is 2. The molecule has 47 heavy (non-hydrogen) atoms. The van der Waals surface area contributed by atoms with Crippen molar-refractivity contribution >= 4 is 28.6 Å². The highest BCUT2D eigenvalue weighted by atomic mass is 16.6. The zero-order chi connectivity index (χ0) is 34.9. The zero-order valence-corrected chi connectivity index (χ0v) is 29.8. The lowest BCUT2D eigenvalue weighted by Gasteiger charge is -2.39. The summed E-state index contributed by atoms with van der Waals surface area (Å²) in [6, 6.07) is 11.5. The summed E-state index contributed by atoms with van der Waals surface area (Å²) in [5.41, 5.74) is -0.727. The molecule has 1 aliphatic rings. The van der Waals surface area contributed by atoms with Gasteiger partial charge >= 0.3 is 5.97 Å². The maximum atomic E-state index is 14.0. The molecule has 0 saturated heterocycles. The lowest BCUT2D eigenvalue weighted by molar-refractivity contribution is -0.165. The minimum Gasteiger partial charge on any atom is -0.459 e. The quantitative estimate of drug-likeness (QED) is 0.167. The van der Waals surface area contributed by atoms with Gasteiger partial charge in [-0.05, 0) is 81.5 Å². The van der Waals surface area contributed by atoms with Crippen LogP contribution in [0.1, 0.15) is 106 Å². The highest BCUT2D eigenvalue weighted by Gasteiger charge is 2.44. The van der Waals surface area contributed by atoms with Crippen LogP contribution in [0.3, 0.4) is 0 Å². The molecule has 262 valence electrons. The second-order valence-electron chi connectivity index (χ2n) is 15.1. The topological polar surface area (TPSA) is 137 Å². The van der Waals surface area contributed by atoms with E-state index < -0.39 is 53.3 Å². The van der Waals surface area contributed by atoms with Gasteiger partial charge in [-0.25, -0.2) is 0 Å². The van der Waals surface area contributed by atoms with E-state index in [2.05, 4.69) is 16.0 Å². The van der Waals surface area contributed by atoms with E-state index >= 15 is 0 Å². The molecule has 2 aromatic carbocycles. The molecular formula is C38H59N3O6. The van der Waals surface area contributed by atoms with Gasteiger partial charge in [0.2, 0.25) is 11.8 Å². The molecule has 5 N–H and O–H groups in total. The lowest BCUT2D eigenvalue weighted by Crippen LogP contribution is -2.63. The molecule has 9 nitrogen and oxygen atoms in total. The minimum absolute atomic E-state index is 0.144. The summed E-state index contributed by atoms with van der Waals surface area (Å²) < 4.78 is 5.78. The fourth-order valence-electron chi connectivity index (χ4n) is 6.44. The van der Waals surface area contributed by atoms with E-state index in [1.54, 1.807) is 6.92 Å². The van der Waals surface area contributed by atoms with Crippen LogP contribution in [0.15, 0.2) is 42.5 Å². The number of carbonyl (C=O) groups excluding carboxylic acids is 3. The maximum absolute atomic E-state index is 14.0. The summed E-state index contributed by atoms with van der Waals surface area (Å²) in [4.78, 5) is 41.0. The number of carbonyl (C=O) groups is 3. The Labute approximate surface area is 281 Å². The van der Waals surface area contributed by atoms with Gasteiger partial charge in [0.15, 0.2) is 0 Å². The number of aliphatic hydroxyl groups is 2. The second kappa shape index (κ2) is 16.9. The van der Waals surface area contributed by atoms with Crippen LogP contribution in [0.5, 0.6) is 0 Å². The summed E-state index contributed by atoms with van der Waals surface area (Å²) in [6.45, 7) is 15.0. The number of rotatable bonds is 15. The van der Waals surface area contributed by atoms with Crippen LogP contribution in [-0.4, -0.2) is 69.5 Å². The van der Waals surface area contributed by atoms with Crippen molar-refractivity contribution in [3.63, 3.8) is 0 Å². The second-order valence-corrected chi connectivity index (χ2v) is 15.1. The number of benzene rings is 2. The third-order valence-electron chi connectivity index (χ3n) is 9.29. The number of nitrogens with one attached hydrogen (secondary N) is 3. The summed E-state index contributed by atoms with van der Waals surface area (Å²) in [5.74, 6) is -1.26. The van der Waals surface area contributed by atoms with Crippen LogP contribution < -0.4 is 16.0 Å². The Kier molecular flexibility index (Phi) is 13.8. The molecule has 1 fully saturated rings. The first-order valence-electron chi connectivity index (χ1n) is 17.5. The first-order chi connectivity index (χ1) is 22.0. The fraction of sp³-hybridized carbons (Fsp3) is 0.658. The van der Waals surface area contributed by atoms with Gasteiger partial charge in [-0.15, -0.1) is 0 Å². The Morgan fingerprint density at radius 2 is 1.53 bits per heavy atom. The van der Waals surface area contributed by atoms with Crippen molar-refractivity contribution in [2.75, 3.05) is 0 Å². The average molecular weight is 654 g/mol. The van der Waals surface area contributed by atoms with Crippen LogP contribution in [0, 0.1) is 11.8 Å². The number of fused-ring (bicyclic) bond motifs is 1. The minimum atomic E-state index is -1.22. The van der Waals surface area contributed by atoms with Gasteiger partial charge < -0.3 is 25.6 Å². The lowest BCUT2D eigenvalue weighted by atomic mass is 9.81. The molecule has 0 spiro atoms. The Morgan fingerprint density at radius 1 is 0.894 bits per heavy atom. The molecule has 0 radical (unpaired) electrons. The largest absolute Gasteiger partial charge is 0.459 e. The molecule has 3 rings (SSSR count). The third kappa shape index (κ3) is 11.0. The van der Waals surface area contributed by atoms with Crippen molar-refractivity contribution in [3.05, 3.63) is 48.0 Å². The summed E-state index contributed by atoms with van der Waals surface area (Å²) in [5, 5.41) is 33.6. The molecule has 0 aromatic heterocycles. The molecule has 0 heterocycles. The maximum Gasteiger partial charge on any atom is 0.326 e. The highest BCUT2D eigenvalue weighted by Crippen LogP contribution is 2.31. The third-order valence-corrected chi connectivity index (χ3v) is 9.29. The monoisotopic (exact) mass is 653 g/mol. The molecule has 6 atom stereocenters. The molecule has 0 aliphatic heterocycles. The summed E-state index contributed by atoms with van der Waals surface area (Å²) in [7, 11) is 0. The van der Waals surface area contributed by atoms with Crippen molar-refractivity contribution in [2.24, 2.45) is 11.8 Å². The number of hydrogen-bond donors (Lipinski definition) is 5. The molecule has 3 unspecified atom stereocenters. The van der Waals surface area contributed by atoms with E-state index in [0.29, 0.717) is 32.1 Å². The number of ether oxygens (including phenoxy) is 1. The number of esters is 1. The number of amides is 2. The molecule has 9 heteroatoms. The van der Waals surface area contributed by atoms with Crippen molar-refractivity contribution < 1.29 is 29.3 Å². The molecule has 1 aliphatic carbocycles. The van der Waals surface area contributed by atoms with E-state index in [1.807, 2.05) is 90.9 Å². The first-order valence-corrected chi connectivity index (χ1v) is 17.5.